The molecule has 132 valence electrons. The fraction of sp³-hybridized carbons (Fsp3) is 0.286. The maximum atomic E-state index is 12.9. The number of nitrogens with zero attached hydrogens (tertiary/aromatic N) is 4. The Morgan fingerprint density at radius 3 is 2.31 bits per heavy atom. The number of rotatable bonds is 3. The Bertz CT molecular complexity index is 894. The van der Waals surface area contributed by atoms with Crippen molar-refractivity contribution >= 4 is 5.91 Å². The van der Waals surface area contributed by atoms with Crippen LogP contribution >= 0.6 is 0 Å². The molecule has 0 saturated carbocycles. The first-order chi connectivity index (χ1) is 12.7. The summed E-state index contributed by atoms with van der Waals surface area (Å²) in [7, 11) is 0. The molecule has 5 heteroatoms. The Hall–Kier alpha value is -2.95. The Kier molecular flexibility index (Phi) is 4.52. The number of benzene rings is 2. The summed E-state index contributed by atoms with van der Waals surface area (Å²) in [6.07, 6.45) is 3.29. The molecule has 4 rings (SSSR count). The first-order valence-electron chi connectivity index (χ1n) is 9.11. The Morgan fingerprint density at radius 1 is 0.923 bits per heavy atom. The van der Waals surface area contributed by atoms with Crippen LogP contribution in [0.3, 0.4) is 0 Å². The van der Waals surface area contributed by atoms with E-state index in [-0.39, 0.29) is 11.7 Å². The number of piperidine rings is 1. The van der Waals surface area contributed by atoms with Gasteiger partial charge in [-0.25, -0.2) is 9.67 Å². The quantitative estimate of drug-likeness (QED) is 0.723. The van der Waals surface area contributed by atoms with Crippen LogP contribution in [0.1, 0.15) is 35.4 Å². The predicted octanol–water partition coefficient (Wildman–Crippen LogP) is 3.87. The molecular weight excluding hydrogens is 324 g/mol. The van der Waals surface area contributed by atoms with Gasteiger partial charge in [-0.15, -0.1) is 5.10 Å². The largest absolute Gasteiger partial charge is 0.336 e. The number of amides is 1. The smallest absolute Gasteiger partial charge is 0.293 e. The van der Waals surface area contributed by atoms with Gasteiger partial charge in [0.05, 0.1) is 5.69 Å². The molecule has 0 atom stereocenters. The number of carbonyl (C=O) groups excluding carboxylic acids is 1. The van der Waals surface area contributed by atoms with Crippen LogP contribution in [0.15, 0.2) is 54.6 Å². The van der Waals surface area contributed by atoms with Crippen molar-refractivity contribution in [1.29, 1.82) is 0 Å². The number of hydrogen-bond donors (Lipinski definition) is 0. The fourth-order valence-corrected chi connectivity index (χ4v) is 3.28. The summed E-state index contributed by atoms with van der Waals surface area (Å²) in [4.78, 5) is 19.4. The maximum absolute atomic E-state index is 12.9. The third-order valence-electron chi connectivity index (χ3n) is 4.75. The highest BCUT2D eigenvalue weighted by Crippen LogP contribution is 2.22. The maximum Gasteiger partial charge on any atom is 0.293 e. The summed E-state index contributed by atoms with van der Waals surface area (Å²) in [5, 5.41) is 4.58. The van der Waals surface area contributed by atoms with Crippen molar-refractivity contribution < 1.29 is 4.79 Å². The molecule has 0 spiro atoms. The van der Waals surface area contributed by atoms with E-state index in [1.54, 1.807) is 4.68 Å². The van der Waals surface area contributed by atoms with E-state index in [4.69, 9.17) is 0 Å². The molecule has 5 nitrogen and oxygen atoms in total. The molecule has 0 unspecified atom stereocenters. The molecule has 2 aromatic carbocycles. The van der Waals surface area contributed by atoms with Crippen LogP contribution in [0.25, 0.3) is 17.1 Å². The van der Waals surface area contributed by atoms with Crippen LogP contribution < -0.4 is 0 Å². The van der Waals surface area contributed by atoms with Crippen LogP contribution in [0.4, 0.5) is 0 Å². The number of carbonyl (C=O) groups is 1. The highest BCUT2D eigenvalue weighted by atomic mass is 16.2. The minimum atomic E-state index is -0.0762. The lowest BCUT2D eigenvalue weighted by atomic mass is 10.1. The standard InChI is InChI=1S/C21H22N4O/c1-16-10-12-18(13-11-16)25-20(17-8-4-2-5-9-17)22-19(23-25)21(26)24-14-6-3-7-15-24/h2,4-5,8-13H,3,6-7,14-15H2,1H3. The second kappa shape index (κ2) is 7.12. The van der Waals surface area contributed by atoms with Crippen LogP contribution in [-0.2, 0) is 0 Å². The van der Waals surface area contributed by atoms with Gasteiger partial charge in [0, 0.05) is 18.7 Å². The van der Waals surface area contributed by atoms with Crippen molar-refractivity contribution in [2.24, 2.45) is 0 Å². The van der Waals surface area contributed by atoms with Gasteiger partial charge in [-0.1, -0.05) is 48.0 Å². The van der Waals surface area contributed by atoms with E-state index in [1.807, 2.05) is 59.5 Å². The first kappa shape index (κ1) is 16.5. The lowest BCUT2D eigenvalue weighted by Crippen LogP contribution is -2.36. The van der Waals surface area contributed by atoms with E-state index >= 15 is 0 Å². The van der Waals surface area contributed by atoms with Crippen molar-refractivity contribution in [3.8, 4) is 17.1 Å². The van der Waals surface area contributed by atoms with Crippen LogP contribution in [0, 0.1) is 6.92 Å². The second-order valence-electron chi connectivity index (χ2n) is 6.73. The predicted molar refractivity (Wildman–Crippen MR) is 101 cm³/mol. The van der Waals surface area contributed by atoms with Crippen LogP contribution in [0.5, 0.6) is 0 Å². The van der Waals surface area contributed by atoms with Crippen LogP contribution in [0.2, 0.25) is 0 Å². The van der Waals surface area contributed by atoms with Crippen LogP contribution in [-0.4, -0.2) is 38.7 Å². The number of hydrogen-bond acceptors (Lipinski definition) is 3. The third kappa shape index (κ3) is 3.25. The zero-order valence-corrected chi connectivity index (χ0v) is 14.9. The highest BCUT2D eigenvalue weighted by Gasteiger charge is 2.24. The SMILES string of the molecule is Cc1ccc(-n2nc(C(=O)N3CCCCC3)nc2-c2ccccc2)cc1. The fourth-order valence-electron chi connectivity index (χ4n) is 3.28. The molecule has 0 N–H and O–H groups in total. The van der Waals surface area contributed by atoms with Crippen molar-refractivity contribution in [3.05, 3.63) is 66.0 Å². The molecule has 1 aromatic heterocycles. The Labute approximate surface area is 153 Å². The van der Waals surface area contributed by atoms with E-state index in [1.165, 1.54) is 12.0 Å². The molecule has 1 aliphatic rings. The molecule has 3 aromatic rings. The number of aryl methyl sites for hydroxylation is 1. The van der Waals surface area contributed by atoms with Gasteiger partial charge in [0.25, 0.3) is 5.91 Å². The normalized spacial score (nSPS) is 14.4. The van der Waals surface area contributed by atoms with E-state index < -0.39 is 0 Å². The van der Waals surface area contributed by atoms with Crippen molar-refractivity contribution in [2.45, 2.75) is 26.2 Å². The average Bonchev–Trinajstić information content (AvgIpc) is 3.15. The summed E-state index contributed by atoms with van der Waals surface area (Å²) in [6.45, 7) is 3.63. The van der Waals surface area contributed by atoms with Gasteiger partial charge in [0.15, 0.2) is 5.82 Å². The van der Waals surface area contributed by atoms with Gasteiger partial charge in [0.1, 0.15) is 0 Å². The number of aromatic nitrogens is 3. The second-order valence-corrected chi connectivity index (χ2v) is 6.73. The van der Waals surface area contributed by atoms with Gasteiger partial charge in [-0.3, -0.25) is 4.79 Å². The molecule has 1 fully saturated rings. The molecular formula is C21H22N4O. The summed E-state index contributed by atoms with van der Waals surface area (Å²) < 4.78 is 1.77. The van der Waals surface area contributed by atoms with E-state index in [9.17, 15) is 4.79 Å². The van der Waals surface area contributed by atoms with Gasteiger partial charge in [-0.05, 0) is 38.3 Å². The molecule has 1 amide bonds. The molecule has 1 saturated heterocycles. The third-order valence-corrected chi connectivity index (χ3v) is 4.75. The zero-order chi connectivity index (χ0) is 17.9. The van der Waals surface area contributed by atoms with E-state index in [2.05, 4.69) is 17.0 Å². The Balaban J connectivity index is 1.77. The van der Waals surface area contributed by atoms with Crippen molar-refractivity contribution in [3.63, 3.8) is 0 Å². The minimum Gasteiger partial charge on any atom is -0.336 e. The molecule has 2 heterocycles. The van der Waals surface area contributed by atoms with Gasteiger partial charge >= 0.3 is 0 Å². The lowest BCUT2D eigenvalue weighted by molar-refractivity contribution is 0.0712. The van der Waals surface area contributed by atoms with Gasteiger partial charge < -0.3 is 4.90 Å². The molecule has 26 heavy (non-hydrogen) atoms. The summed E-state index contributed by atoms with van der Waals surface area (Å²) in [5.41, 5.74) is 3.03. The summed E-state index contributed by atoms with van der Waals surface area (Å²) >= 11 is 0. The van der Waals surface area contributed by atoms with E-state index in [0.29, 0.717) is 5.82 Å². The lowest BCUT2D eigenvalue weighted by Gasteiger charge is -2.25. The van der Waals surface area contributed by atoms with Crippen molar-refractivity contribution in [1.82, 2.24) is 19.7 Å². The molecule has 1 aliphatic heterocycles. The van der Waals surface area contributed by atoms with Gasteiger partial charge in [-0.2, -0.15) is 0 Å². The molecule has 0 bridgehead atoms. The molecule has 0 aliphatic carbocycles. The van der Waals surface area contributed by atoms with Crippen molar-refractivity contribution in [2.75, 3.05) is 13.1 Å². The monoisotopic (exact) mass is 346 g/mol. The Morgan fingerprint density at radius 2 is 1.62 bits per heavy atom. The first-order valence-corrected chi connectivity index (χ1v) is 9.11. The average molecular weight is 346 g/mol. The highest BCUT2D eigenvalue weighted by molar-refractivity contribution is 5.91. The summed E-state index contributed by atoms with van der Waals surface area (Å²) in [6, 6.07) is 18.0. The summed E-state index contributed by atoms with van der Waals surface area (Å²) in [5.74, 6) is 0.883. The van der Waals surface area contributed by atoms with Gasteiger partial charge in [0.2, 0.25) is 5.82 Å². The van der Waals surface area contributed by atoms with E-state index in [0.717, 1.165) is 37.2 Å². The zero-order valence-electron chi connectivity index (χ0n) is 14.9. The minimum absolute atomic E-state index is 0.0762. The number of likely N-dealkylation sites (tertiary alicyclic amines) is 1. The molecule has 0 radical (unpaired) electrons. The topological polar surface area (TPSA) is 51.0 Å².